The van der Waals surface area contributed by atoms with E-state index in [1.165, 1.54) is 36.6 Å². The molecule has 2 aromatic carbocycles. The first-order valence-electron chi connectivity index (χ1n) is 7.97. The third-order valence-corrected chi connectivity index (χ3v) is 5.31. The van der Waals surface area contributed by atoms with Gasteiger partial charge in [0, 0.05) is 10.9 Å². The monoisotopic (exact) mass is 407 g/mol. The Hall–Kier alpha value is -3.27. The number of rotatable bonds is 4. The van der Waals surface area contributed by atoms with E-state index in [-0.39, 0.29) is 10.6 Å². The maximum Gasteiger partial charge on any atom is 0.435 e. The summed E-state index contributed by atoms with van der Waals surface area (Å²) in [6.45, 7) is 0. The third-order valence-electron chi connectivity index (χ3n) is 4.01. The Balaban J connectivity index is 1.83. The molecule has 2 heterocycles. The van der Waals surface area contributed by atoms with Crippen molar-refractivity contribution in [3.63, 3.8) is 0 Å². The molecule has 0 unspecified atom stereocenters. The molecule has 144 valence electrons. The zero-order valence-electron chi connectivity index (χ0n) is 14.0. The number of aromatic nitrogens is 2. The quantitative estimate of drug-likeness (QED) is 0.549. The summed E-state index contributed by atoms with van der Waals surface area (Å²) >= 11 is 0. The topological polar surface area (TPSA) is 77.1 Å². The summed E-state index contributed by atoms with van der Waals surface area (Å²) in [7, 11) is -4.14. The van der Waals surface area contributed by atoms with Crippen molar-refractivity contribution >= 4 is 21.0 Å². The first-order chi connectivity index (χ1) is 13.2. The van der Waals surface area contributed by atoms with Crippen LogP contribution in [0.5, 0.6) is 0 Å². The van der Waals surface area contributed by atoms with Gasteiger partial charge in [-0.1, -0.05) is 18.2 Å². The summed E-state index contributed by atoms with van der Waals surface area (Å²) < 4.78 is 69.9. The van der Waals surface area contributed by atoms with E-state index >= 15 is 0 Å². The maximum atomic E-state index is 13.2. The molecule has 0 bridgehead atoms. The fourth-order valence-corrected chi connectivity index (χ4v) is 3.67. The van der Waals surface area contributed by atoms with E-state index in [4.69, 9.17) is 4.42 Å². The van der Waals surface area contributed by atoms with E-state index in [1.807, 2.05) is 0 Å². The average Bonchev–Trinajstić information content (AvgIpc) is 3.28. The number of hydrogen-bond acceptors (Lipinski definition) is 4. The molecule has 0 aliphatic rings. The van der Waals surface area contributed by atoms with Gasteiger partial charge >= 0.3 is 6.18 Å². The summed E-state index contributed by atoms with van der Waals surface area (Å²) in [6.07, 6.45) is -3.29. The number of fused-ring (bicyclic) bond motifs is 1. The van der Waals surface area contributed by atoms with Crippen LogP contribution in [-0.2, 0) is 16.2 Å². The zero-order valence-corrected chi connectivity index (χ0v) is 14.8. The molecule has 10 heteroatoms. The molecule has 28 heavy (non-hydrogen) atoms. The van der Waals surface area contributed by atoms with E-state index in [2.05, 4.69) is 9.93 Å². The Morgan fingerprint density at radius 1 is 1.00 bits per heavy atom. The minimum Gasteiger partial charge on any atom is -0.464 e. The molecular formula is C18H12F3N3O3S. The molecule has 6 nitrogen and oxygen atoms in total. The SMILES string of the molecule is O=S(=O)(Nn1nc(C(F)(F)F)cc1-c1ccc2occc2c1)c1ccccc1. The number of benzene rings is 2. The molecule has 2 aromatic heterocycles. The second-order valence-electron chi connectivity index (χ2n) is 5.91. The molecule has 1 N–H and O–H groups in total. The Morgan fingerprint density at radius 2 is 1.75 bits per heavy atom. The summed E-state index contributed by atoms with van der Waals surface area (Å²) in [6, 6.07) is 14.4. The lowest BCUT2D eigenvalue weighted by molar-refractivity contribution is -0.141. The predicted molar refractivity (Wildman–Crippen MR) is 95.4 cm³/mol. The fraction of sp³-hybridized carbons (Fsp3) is 0.0556. The standard InChI is InChI=1S/C18H12F3N3O3S/c19-18(20,21)17-11-15(12-6-7-16-13(10-12)8-9-27-16)24(22-17)23-28(25,26)14-4-2-1-3-5-14/h1-11,23H. The zero-order chi connectivity index (χ0) is 19.9. The van der Waals surface area contributed by atoms with Crippen LogP contribution in [0.15, 0.2) is 76.2 Å². The molecule has 0 saturated carbocycles. The molecule has 0 spiro atoms. The summed E-state index contributed by atoms with van der Waals surface area (Å²) in [5.41, 5.74) is -0.385. The lowest BCUT2D eigenvalue weighted by atomic mass is 10.1. The van der Waals surface area contributed by atoms with Gasteiger partial charge in [-0.3, -0.25) is 0 Å². The highest BCUT2D eigenvalue weighted by molar-refractivity contribution is 7.92. The van der Waals surface area contributed by atoms with Crippen LogP contribution in [-0.4, -0.2) is 18.3 Å². The van der Waals surface area contributed by atoms with Crippen molar-refractivity contribution < 1.29 is 26.0 Å². The van der Waals surface area contributed by atoms with Gasteiger partial charge in [0.2, 0.25) is 0 Å². The highest BCUT2D eigenvalue weighted by atomic mass is 32.2. The van der Waals surface area contributed by atoms with E-state index in [0.29, 0.717) is 21.3 Å². The first-order valence-corrected chi connectivity index (χ1v) is 9.45. The Labute approximate surface area is 157 Å². The number of hydrogen-bond donors (Lipinski definition) is 1. The van der Waals surface area contributed by atoms with E-state index in [1.54, 1.807) is 24.3 Å². The van der Waals surface area contributed by atoms with Crippen molar-refractivity contribution in [1.82, 2.24) is 9.89 Å². The van der Waals surface area contributed by atoms with Crippen molar-refractivity contribution in [3.05, 3.63) is 72.6 Å². The lowest BCUT2D eigenvalue weighted by Crippen LogP contribution is -2.25. The van der Waals surface area contributed by atoms with Gasteiger partial charge in [-0.25, -0.2) is 0 Å². The van der Waals surface area contributed by atoms with Gasteiger partial charge in [-0.15, -0.1) is 5.10 Å². The molecule has 0 atom stereocenters. The van der Waals surface area contributed by atoms with Crippen LogP contribution in [0.25, 0.3) is 22.2 Å². The van der Waals surface area contributed by atoms with E-state index < -0.39 is 21.9 Å². The number of nitrogens with one attached hydrogen (secondary N) is 1. The molecule has 0 aliphatic heterocycles. The minimum atomic E-state index is -4.74. The molecule has 0 radical (unpaired) electrons. The molecule has 0 saturated heterocycles. The Morgan fingerprint density at radius 3 is 2.46 bits per heavy atom. The number of alkyl halides is 3. The maximum absolute atomic E-state index is 13.2. The molecule has 4 aromatic rings. The predicted octanol–water partition coefficient (Wildman–Crippen LogP) is 4.25. The summed E-state index contributed by atoms with van der Waals surface area (Å²) in [5, 5.41) is 4.07. The lowest BCUT2D eigenvalue weighted by Gasteiger charge is -2.11. The van der Waals surface area contributed by atoms with Gasteiger partial charge in [0.05, 0.1) is 16.9 Å². The van der Waals surface area contributed by atoms with Crippen LogP contribution in [0.3, 0.4) is 0 Å². The van der Waals surface area contributed by atoms with Crippen molar-refractivity contribution in [2.24, 2.45) is 0 Å². The van der Waals surface area contributed by atoms with Crippen molar-refractivity contribution in [1.29, 1.82) is 0 Å². The van der Waals surface area contributed by atoms with Crippen LogP contribution < -0.4 is 4.83 Å². The number of sulfonamides is 1. The van der Waals surface area contributed by atoms with Crippen LogP contribution in [0, 0.1) is 0 Å². The van der Waals surface area contributed by atoms with Gasteiger partial charge in [0.25, 0.3) is 10.0 Å². The van der Waals surface area contributed by atoms with Crippen LogP contribution >= 0.6 is 0 Å². The highest BCUT2D eigenvalue weighted by Gasteiger charge is 2.35. The van der Waals surface area contributed by atoms with Gasteiger partial charge in [-0.2, -0.15) is 31.2 Å². The largest absolute Gasteiger partial charge is 0.464 e. The van der Waals surface area contributed by atoms with E-state index in [0.717, 1.165) is 6.07 Å². The molecule has 4 rings (SSSR count). The fourth-order valence-electron chi connectivity index (χ4n) is 2.69. The molecule has 0 fully saturated rings. The van der Waals surface area contributed by atoms with Crippen LogP contribution in [0.1, 0.15) is 5.69 Å². The van der Waals surface area contributed by atoms with Crippen LogP contribution in [0.2, 0.25) is 0 Å². The van der Waals surface area contributed by atoms with Gasteiger partial charge in [0.15, 0.2) is 5.69 Å². The summed E-state index contributed by atoms with van der Waals surface area (Å²) in [5.74, 6) is 0. The van der Waals surface area contributed by atoms with Crippen molar-refractivity contribution in [2.45, 2.75) is 11.1 Å². The molecule has 0 amide bonds. The summed E-state index contributed by atoms with van der Waals surface area (Å²) in [4.78, 5) is 2.61. The Bertz CT molecular complexity index is 1250. The second kappa shape index (κ2) is 6.41. The van der Waals surface area contributed by atoms with Gasteiger partial charge in [-0.05, 0) is 42.5 Å². The van der Waals surface area contributed by atoms with E-state index in [9.17, 15) is 21.6 Å². The molecule has 0 aliphatic carbocycles. The Kier molecular flexibility index (Phi) is 4.15. The smallest absolute Gasteiger partial charge is 0.435 e. The van der Waals surface area contributed by atoms with Crippen molar-refractivity contribution in [2.75, 3.05) is 4.83 Å². The van der Waals surface area contributed by atoms with Crippen molar-refractivity contribution in [3.8, 4) is 11.3 Å². The number of halogens is 3. The average molecular weight is 407 g/mol. The van der Waals surface area contributed by atoms with Gasteiger partial charge in [0.1, 0.15) is 5.58 Å². The number of nitrogens with zero attached hydrogens (tertiary/aromatic N) is 2. The normalized spacial score (nSPS) is 12.4. The van der Waals surface area contributed by atoms with Gasteiger partial charge < -0.3 is 4.42 Å². The highest BCUT2D eigenvalue weighted by Crippen LogP contribution is 2.32. The third kappa shape index (κ3) is 3.33. The van der Waals surface area contributed by atoms with Crippen LogP contribution in [0.4, 0.5) is 13.2 Å². The minimum absolute atomic E-state index is 0.0602. The number of furan rings is 1. The first kappa shape index (κ1) is 18.1. The molecular weight excluding hydrogens is 395 g/mol. The second-order valence-corrected chi connectivity index (χ2v) is 7.57.